The molecule has 0 saturated carbocycles. The summed E-state index contributed by atoms with van der Waals surface area (Å²) in [5.74, 6) is 0. The first-order chi connectivity index (χ1) is 28.8. The largest absolute Gasteiger partial charge is 0.456 e. The lowest BCUT2D eigenvalue weighted by atomic mass is 9.96. The van der Waals surface area contributed by atoms with E-state index in [0.29, 0.717) is 0 Å². The van der Waals surface area contributed by atoms with E-state index < -0.39 is 0 Å². The van der Waals surface area contributed by atoms with E-state index in [9.17, 15) is 0 Å². The molecule has 0 amide bonds. The minimum absolute atomic E-state index is 0.874. The van der Waals surface area contributed by atoms with Gasteiger partial charge in [-0.15, -0.1) is 0 Å². The second-order valence-corrected chi connectivity index (χ2v) is 15.3. The Labute approximate surface area is 333 Å². The third-order valence-electron chi connectivity index (χ3n) is 12.2. The van der Waals surface area contributed by atoms with Crippen LogP contribution in [0.1, 0.15) is 0 Å². The maximum atomic E-state index is 6.36. The van der Waals surface area contributed by atoms with Gasteiger partial charge in [0.1, 0.15) is 11.2 Å². The number of fused-ring (bicyclic) bond motifs is 12. The molecule has 0 saturated heterocycles. The standard InChI is InChI=1S/C54H33N3O/c1-3-13-34(14-4-1)36-23-28-48(44(31-36)35-15-5-2-6-16-35)55(37-25-30-52-45(32-37)41-19-9-12-22-51(41)58-52)38-24-29-49-50(33-38)57-47-21-11-8-18-40(47)43-27-26-42-39-17-7-10-20-46(39)56(49)53(42)54(43)57/h1-33H. The normalized spacial score (nSPS) is 12.1. The van der Waals surface area contributed by atoms with Gasteiger partial charge in [0, 0.05) is 49.3 Å². The summed E-state index contributed by atoms with van der Waals surface area (Å²) in [6.45, 7) is 0. The third kappa shape index (κ3) is 4.34. The van der Waals surface area contributed by atoms with Gasteiger partial charge < -0.3 is 18.1 Å². The van der Waals surface area contributed by atoms with Crippen LogP contribution in [0, 0.1) is 0 Å². The van der Waals surface area contributed by atoms with Crippen LogP contribution in [0.25, 0.3) is 98.8 Å². The predicted octanol–water partition coefficient (Wildman–Crippen LogP) is 14.9. The molecule has 58 heavy (non-hydrogen) atoms. The molecule has 0 bridgehead atoms. The average molecular weight is 740 g/mol. The SMILES string of the molecule is c1ccc(-c2ccc(N(c3ccc4oc5ccccc5c4c3)c3ccc4c(c3)n3c5ccccc5c5ccc6c7ccccc7n4c6c53)c(-c3ccccc3)c2)cc1. The summed E-state index contributed by atoms with van der Waals surface area (Å²) >= 11 is 0. The zero-order valence-electron chi connectivity index (χ0n) is 31.3. The summed E-state index contributed by atoms with van der Waals surface area (Å²) in [4.78, 5) is 2.44. The second-order valence-electron chi connectivity index (χ2n) is 15.3. The van der Waals surface area contributed by atoms with E-state index in [1.54, 1.807) is 0 Å². The molecule has 0 fully saturated rings. The van der Waals surface area contributed by atoms with Gasteiger partial charge in [0.15, 0.2) is 0 Å². The van der Waals surface area contributed by atoms with E-state index in [4.69, 9.17) is 4.42 Å². The monoisotopic (exact) mass is 739 g/mol. The molecule has 0 spiro atoms. The second kappa shape index (κ2) is 11.8. The van der Waals surface area contributed by atoms with Gasteiger partial charge in [0.05, 0.1) is 38.8 Å². The number of rotatable bonds is 5. The summed E-state index contributed by atoms with van der Waals surface area (Å²) in [5, 5.41) is 7.25. The van der Waals surface area contributed by atoms with Crippen molar-refractivity contribution >= 4 is 93.6 Å². The molecular formula is C54H33N3O. The summed E-state index contributed by atoms with van der Waals surface area (Å²) in [6.07, 6.45) is 0. The molecule has 0 N–H and O–H groups in total. The Morgan fingerprint density at radius 2 is 0.897 bits per heavy atom. The van der Waals surface area contributed by atoms with Crippen molar-refractivity contribution < 1.29 is 4.42 Å². The van der Waals surface area contributed by atoms with Crippen LogP contribution in [0.2, 0.25) is 0 Å². The molecule has 4 aromatic heterocycles. The van der Waals surface area contributed by atoms with E-state index in [2.05, 4.69) is 202 Å². The van der Waals surface area contributed by atoms with Crippen LogP contribution in [0.3, 0.4) is 0 Å². The first kappa shape index (κ1) is 31.4. The molecule has 4 heteroatoms. The van der Waals surface area contributed by atoms with Crippen LogP contribution in [0.4, 0.5) is 17.1 Å². The molecule has 4 heterocycles. The third-order valence-corrected chi connectivity index (χ3v) is 12.2. The van der Waals surface area contributed by atoms with Gasteiger partial charge >= 0.3 is 0 Å². The van der Waals surface area contributed by atoms with Crippen LogP contribution >= 0.6 is 0 Å². The highest BCUT2D eigenvalue weighted by molar-refractivity contribution is 6.25. The summed E-state index contributed by atoms with van der Waals surface area (Å²) in [7, 11) is 0. The fraction of sp³-hybridized carbons (Fsp3) is 0. The fourth-order valence-corrected chi connectivity index (χ4v) is 9.69. The van der Waals surface area contributed by atoms with Gasteiger partial charge in [0.2, 0.25) is 0 Å². The molecule has 13 aromatic rings. The molecule has 4 nitrogen and oxygen atoms in total. The first-order valence-corrected chi connectivity index (χ1v) is 19.8. The van der Waals surface area contributed by atoms with Crippen molar-refractivity contribution in [3.8, 4) is 22.3 Å². The molecule has 0 aliphatic carbocycles. The zero-order chi connectivity index (χ0) is 37.9. The highest BCUT2D eigenvalue weighted by Gasteiger charge is 2.24. The maximum absolute atomic E-state index is 6.36. The Kier molecular flexibility index (Phi) is 6.41. The molecule has 0 radical (unpaired) electrons. The van der Waals surface area contributed by atoms with Gasteiger partial charge in [-0.2, -0.15) is 0 Å². The van der Waals surface area contributed by atoms with Gasteiger partial charge in [-0.1, -0.05) is 133 Å². The van der Waals surface area contributed by atoms with Gasteiger partial charge in [-0.05, 0) is 83.4 Å². The summed E-state index contributed by atoms with van der Waals surface area (Å²) in [6, 6.07) is 72.6. The molecule has 0 atom stereocenters. The molecule has 9 aromatic carbocycles. The maximum Gasteiger partial charge on any atom is 0.135 e. The number of anilines is 3. The van der Waals surface area contributed by atoms with E-state index >= 15 is 0 Å². The summed E-state index contributed by atoms with van der Waals surface area (Å²) in [5.41, 5.74) is 16.9. The lowest BCUT2D eigenvalue weighted by Gasteiger charge is -2.29. The Bertz CT molecular complexity index is 3740. The average Bonchev–Trinajstić information content (AvgIpc) is 3.95. The van der Waals surface area contributed by atoms with E-state index in [1.807, 2.05) is 12.1 Å². The van der Waals surface area contributed by atoms with Crippen molar-refractivity contribution in [1.29, 1.82) is 0 Å². The number of para-hydroxylation sites is 3. The minimum Gasteiger partial charge on any atom is -0.456 e. The van der Waals surface area contributed by atoms with Gasteiger partial charge in [-0.3, -0.25) is 0 Å². The predicted molar refractivity (Wildman–Crippen MR) is 242 cm³/mol. The number of hydrogen-bond donors (Lipinski definition) is 0. The number of aromatic nitrogens is 2. The quantitative estimate of drug-likeness (QED) is 0.164. The topological polar surface area (TPSA) is 25.2 Å². The number of hydrogen-bond acceptors (Lipinski definition) is 2. The number of benzene rings is 9. The van der Waals surface area contributed by atoms with Crippen LogP contribution in [-0.2, 0) is 0 Å². The highest BCUT2D eigenvalue weighted by Crippen LogP contribution is 2.47. The number of nitrogens with zero attached hydrogens (tertiary/aromatic N) is 3. The fourth-order valence-electron chi connectivity index (χ4n) is 9.69. The Morgan fingerprint density at radius 1 is 0.328 bits per heavy atom. The van der Waals surface area contributed by atoms with Crippen molar-refractivity contribution in [3.05, 3.63) is 200 Å². The lowest BCUT2D eigenvalue weighted by molar-refractivity contribution is 0.669. The van der Waals surface area contributed by atoms with Gasteiger partial charge in [0.25, 0.3) is 0 Å². The van der Waals surface area contributed by atoms with Crippen LogP contribution < -0.4 is 4.90 Å². The zero-order valence-corrected chi connectivity index (χ0v) is 31.3. The van der Waals surface area contributed by atoms with Crippen molar-refractivity contribution in [2.45, 2.75) is 0 Å². The van der Waals surface area contributed by atoms with Crippen molar-refractivity contribution in [1.82, 2.24) is 8.80 Å². The van der Waals surface area contributed by atoms with Crippen molar-refractivity contribution in [3.63, 3.8) is 0 Å². The molecular weight excluding hydrogens is 707 g/mol. The van der Waals surface area contributed by atoms with E-state index in [0.717, 1.165) is 61.2 Å². The molecule has 0 aliphatic heterocycles. The smallest absolute Gasteiger partial charge is 0.135 e. The number of furan rings is 1. The van der Waals surface area contributed by atoms with E-state index in [-0.39, 0.29) is 0 Å². The minimum atomic E-state index is 0.874. The van der Waals surface area contributed by atoms with Crippen LogP contribution in [0.5, 0.6) is 0 Å². The van der Waals surface area contributed by atoms with Crippen molar-refractivity contribution in [2.24, 2.45) is 0 Å². The molecule has 0 aliphatic rings. The summed E-state index contributed by atoms with van der Waals surface area (Å²) < 4.78 is 11.4. The Balaban J connectivity index is 1.16. The Morgan fingerprint density at radius 3 is 1.62 bits per heavy atom. The highest BCUT2D eigenvalue weighted by atomic mass is 16.3. The van der Waals surface area contributed by atoms with Gasteiger partial charge in [-0.25, -0.2) is 0 Å². The molecule has 270 valence electrons. The van der Waals surface area contributed by atoms with Crippen molar-refractivity contribution in [2.75, 3.05) is 4.90 Å². The first-order valence-electron chi connectivity index (χ1n) is 19.8. The Hall–Kier alpha value is -7.82. The molecule has 0 unspecified atom stereocenters. The van der Waals surface area contributed by atoms with Crippen LogP contribution in [-0.4, -0.2) is 8.80 Å². The van der Waals surface area contributed by atoms with E-state index in [1.165, 1.54) is 54.7 Å². The lowest BCUT2D eigenvalue weighted by Crippen LogP contribution is -2.12. The molecule has 13 rings (SSSR count). The van der Waals surface area contributed by atoms with Crippen LogP contribution in [0.15, 0.2) is 205 Å².